The van der Waals surface area contributed by atoms with Gasteiger partial charge in [0.05, 0.1) is 25.5 Å². The number of piperidine rings is 1. The molecule has 5 rings (SSSR count). The maximum atomic E-state index is 13.9. The number of nitrogens with zero attached hydrogens (tertiary/aromatic N) is 3. The number of carbonyl (C=O) groups is 2. The third kappa shape index (κ3) is 4.75. The van der Waals surface area contributed by atoms with Crippen LogP contribution in [0.3, 0.4) is 0 Å². The summed E-state index contributed by atoms with van der Waals surface area (Å²) < 4.78 is 11.2. The number of hydrogen-bond acceptors (Lipinski definition) is 6. The van der Waals surface area contributed by atoms with E-state index in [2.05, 4.69) is 27.4 Å². The number of likely N-dealkylation sites (tertiary alicyclic amines) is 1. The zero-order chi connectivity index (χ0) is 25.0. The Balaban J connectivity index is 1.29. The molecule has 190 valence electrons. The number of hydrogen-bond donors (Lipinski definition) is 1. The first-order valence-corrected chi connectivity index (χ1v) is 12.8. The van der Waals surface area contributed by atoms with Crippen molar-refractivity contribution in [1.29, 1.82) is 0 Å². The van der Waals surface area contributed by atoms with E-state index in [1.54, 1.807) is 13.3 Å². The molecule has 8 nitrogen and oxygen atoms in total. The molecule has 1 aromatic carbocycles. The van der Waals surface area contributed by atoms with E-state index >= 15 is 0 Å². The highest BCUT2D eigenvalue weighted by atomic mass is 16.5. The molecule has 3 saturated heterocycles. The highest BCUT2D eigenvalue weighted by Gasteiger charge is 2.58. The number of ether oxygens (including phenoxy) is 2. The fraction of sp³-hybridized carbons (Fsp3) is 0.464. The van der Waals surface area contributed by atoms with Gasteiger partial charge in [0.25, 0.3) is 5.91 Å². The summed E-state index contributed by atoms with van der Waals surface area (Å²) in [7, 11) is 1.68. The maximum Gasteiger partial charge on any atom is 0.325 e. The summed E-state index contributed by atoms with van der Waals surface area (Å²) in [6.07, 6.45) is 9.26. The molecule has 1 N–H and O–H groups in total. The molecule has 2 aromatic rings. The summed E-state index contributed by atoms with van der Waals surface area (Å²) in [6.45, 7) is 3.47. The van der Waals surface area contributed by atoms with Gasteiger partial charge in [-0.3, -0.25) is 19.6 Å². The lowest BCUT2D eigenvalue weighted by Crippen LogP contribution is -2.54. The molecule has 4 heterocycles. The van der Waals surface area contributed by atoms with Gasteiger partial charge in [-0.25, -0.2) is 4.79 Å². The van der Waals surface area contributed by atoms with Gasteiger partial charge in [0.1, 0.15) is 5.75 Å². The lowest BCUT2D eigenvalue weighted by molar-refractivity contribution is -0.135. The van der Waals surface area contributed by atoms with Crippen molar-refractivity contribution in [2.45, 2.75) is 37.3 Å². The van der Waals surface area contributed by atoms with Crippen LogP contribution >= 0.6 is 0 Å². The topological polar surface area (TPSA) is 84.0 Å². The van der Waals surface area contributed by atoms with Gasteiger partial charge in [-0.2, -0.15) is 0 Å². The Morgan fingerprint density at radius 3 is 2.67 bits per heavy atom. The number of imide groups is 1. The lowest BCUT2D eigenvalue weighted by Gasteiger charge is -2.40. The highest BCUT2D eigenvalue weighted by Crippen LogP contribution is 2.41. The van der Waals surface area contributed by atoms with Crippen molar-refractivity contribution in [2.24, 2.45) is 5.92 Å². The first-order chi connectivity index (χ1) is 17.6. The summed E-state index contributed by atoms with van der Waals surface area (Å²) in [5, 5.41) is 3.09. The molecule has 36 heavy (non-hydrogen) atoms. The second-order valence-electron chi connectivity index (χ2n) is 9.72. The molecule has 0 bridgehead atoms. The van der Waals surface area contributed by atoms with Gasteiger partial charge >= 0.3 is 6.03 Å². The Kier molecular flexibility index (Phi) is 7.34. The molecule has 3 aliphatic heterocycles. The van der Waals surface area contributed by atoms with Gasteiger partial charge in [0.15, 0.2) is 5.54 Å². The Bertz CT molecular complexity index is 1090. The molecule has 3 aliphatic rings. The molecule has 0 aliphatic carbocycles. The van der Waals surface area contributed by atoms with Crippen molar-refractivity contribution in [3.63, 3.8) is 0 Å². The molecular weight excluding hydrogens is 456 g/mol. The highest BCUT2D eigenvalue weighted by molar-refractivity contribution is 6.07. The fourth-order valence-corrected chi connectivity index (χ4v) is 5.69. The standard InChI is InChI=1S/C28H34N4O4/c1-35-24-11-3-2-8-21(24)9-6-16-31-17-13-22(14-18-31)28(25-12-4-5-15-29-25)26(33)32(27(34)30-28)20-23-10-7-19-36-23/h2-6,8-9,11-12,15,22-23H,7,10,13-14,16-20H2,1H3,(H,30,34)/b9-6+/t23-,28-/m1/s1. The number of aromatic nitrogens is 1. The van der Waals surface area contributed by atoms with E-state index in [1.807, 2.05) is 42.5 Å². The Hall–Kier alpha value is -3.23. The van der Waals surface area contributed by atoms with Gasteiger partial charge in [-0.1, -0.05) is 36.4 Å². The van der Waals surface area contributed by atoms with Crippen molar-refractivity contribution in [2.75, 3.05) is 39.9 Å². The first kappa shape index (κ1) is 24.5. The molecular formula is C28H34N4O4. The van der Waals surface area contributed by atoms with Crippen LogP contribution in [-0.4, -0.2) is 72.7 Å². The van der Waals surface area contributed by atoms with E-state index in [0.717, 1.165) is 56.6 Å². The van der Waals surface area contributed by atoms with Crippen LogP contribution in [0.25, 0.3) is 6.08 Å². The number of urea groups is 1. The van der Waals surface area contributed by atoms with Crippen LogP contribution < -0.4 is 10.1 Å². The predicted octanol–water partition coefficient (Wildman–Crippen LogP) is 3.44. The molecule has 3 fully saturated rings. The van der Waals surface area contributed by atoms with E-state index in [1.165, 1.54) is 4.90 Å². The van der Waals surface area contributed by atoms with E-state index in [-0.39, 0.29) is 24.0 Å². The third-order valence-electron chi connectivity index (χ3n) is 7.61. The Morgan fingerprint density at radius 1 is 1.14 bits per heavy atom. The van der Waals surface area contributed by atoms with Crippen LogP contribution in [0.15, 0.2) is 54.7 Å². The molecule has 2 atom stereocenters. The molecule has 1 aromatic heterocycles. The van der Waals surface area contributed by atoms with Gasteiger partial charge in [0.2, 0.25) is 0 Å². The lowest BCUT2D eigenvalue weighted by atomic mass is 9.75. The fourth-order valence-electron chi connectivity index (χ4n) is 5.69. The van der Waals surface area contributed by atoms with E-state index < -0.39 is 5.54 Å². The number of nitrogens with one attached hydrogen (secondary N) is 1. The number of pyridine rings is 1. The third-order valence-corrected chi connectivity index (χ3v) is 7.61. The van der Waals surface area contributed by atoms with Crippen LogP contribution in [0.5, 0.6) is 5.75 Å². The average Bonchev–Trinajstić information content (AvgIpc) is 3.53. The predicted molar refractivity (Wildman–Crippen MR) is 136 cm³/mol. The molecule has 0 spiro atoms. The van der Waals surface area contributed by atoms with Gasteiger partial charge in [-0.05, 0) is 62.9 Å². The molecule has 0 radical (unpaired) electrons. The van der Waals surface area contributed by atoms with Crippen LogP contribution in [0.1, 0.15) is 36.9 Å². The minimum Gasteiger partial charge on any atom is -0.496 e. The van der Waals surface area contributed by atoms with Crippen LogP contribution in [0.2, 0.25) is 0 Å². The van der Waals surface area contributed by atoms with E-state index in [0.29, 0.717) is 18.8 Å². The quantitative estimate of drug-likeness (QED) is 0.571. The second-order valence-corrected chi connectivity index (χ2v) is 9.72. The average molecular weight is 491 g/mol. The Morgan fingerprint density at radius 2 is 1.94 bits per heavy atom. The molecule has 0 unspecified atom stereocenters. The molecule has 0 saturated carbocycles. The van der Waals surface area contributed by atoms with E-state index in [9.17, 15) is 9.59 Å². The van der Waals surface area contributed by atoms with Crippen LogP contribution in [0, 0.1) is 5.92 Å². The van der Waals surface area contributed by atoms with Crippen molar-refractivity contribution >= 4 is 18.0 Å². The summed E-state index contributed by atoms with van der Waals surface area (Å²) >= 11 is 0. The van der Waals surface area contributed by atoms with Crippen LogP contribution in [-0.2, 0) is 15.1 Å². The SMILES string of the molecule is COc1ccccc1/C=C/CN1CCC([C@]2(c3ccccn3)NC(=O)N(C[C@H]3CCCO3)C2=O)CC1. The van der Waals surface area contributed by atoms with Gasteiger partial charge in [-0.15, -0.1) is 0 Å². The van der Waals surface area contributed by atoms with Gasteiger partial charge in [0, 0.05) is 24.9 Å². The summed E-state index contributed by atoms with van der Waals surface area (Å²) in [5.74, 6) is 0.622. The zero-order valence-electron chi connectivity index (χ0n) is 20.8. The van der Waals surface area contributed by atoms with E-state index in [4.69, 9.17) is 9.47 Å². The number of rotatable bonds is 8. The normalized spacial score (nSPS) is 25.6. The van der Waals surface area contributed by atoms with Crippen molar-refractivity contribution < 1.29 is 19.1 Å². The van der Waals surface area contributed by atoms with Crippen molar-refractivity contribution in [3.8, 4) is 5.75 Å². The summed E-state index contributed by atoms with van der Waals surface area (Å²) in [4.78, 5) is 35.3. The molecule has 8 heteroatoms. The number of methoxy groups -OCH3 is 1. The summed E-state index contributed by atoms with van der Waals surface area (Å²) in [6, 6.07) is 13.2. The first-order valence-electron chi connectivity index (χ1n) is 12.8. The Labute approximate surface area is 212 Å². The van der Waals surface area contributed by atoms with Crippen molar-refractivity contribution in [1.82, 2.24) is 20.1 Å². The van der Waals surface area contributed by atoms with Crippen molar-refractivity contribution in [3.05, 3.63) is 66.0 Å². The summed E-state index contributed by atoms with van der Waals surface area (Å²) in [5.41, 5.74) is 0.540. The maximum absolute atomic E-state index is 13.9. The zero-order valence-corrected chi connectivity index (χ0v) is 20.8. The number of amides is 3. The number of benzene rings is 1. The smallest absolute Gasteiger partial charge is 0.325 e. The number of carbonyl (C=O) groups excluding carboxylic acids is 2. The van der Waals surface area contributed by atoms with Crippen LogP contribution in [0.4, 0.5) is 4.79 Å². The number of para-hydroxylation sites is 1. The minimum absolute atomic E-state index is 0.0345. The monoisotopic (exact) mass is 490 g/mol. The minimum atomic E-state index is -1.13. The van der Waals surface area contributed by atoms with Gasteiger partial charge < -0.3 is 14.8 Å². The molecule has 3 amide bonds. The largest absolute Gasteiger partial charge is 0.496 e. The second kappa shape index (κ2) is 10.8.